The molecule has 0 radical (unpaired) electrons. The van der Waals surface area contributed by atoms with Gasteiger partial charge in [-0.3, -0.25) is 4.79 Å². The van der Waals surface area contributed by atoms with E-state index in [1.165, 1.54) is 6.42 Å². The van der Waals surface area contributed by atoms with Crippen molar-refractivity contribution in [2.75, 3.05) is 20.2 Å². The number of likely N-dealkylation sites (tertiary alicyclic amines) is 1. The van der Waals surface area contributed by atoms with Crippen LogP contribution in [0.15, 0.2) is 0 Å². The Morgan fingerprint density at radius 2 is 2.12 bits per heavy atom. The highest BCUT2D eigenvalue weighted by molar-refractivity contribution is 5.77. The van der Waals surface area contributed by atoms with Crippen LogP contribution >= 0.6 is 0 Å². The molecule has 0 spiro atoms. The van der Waals surface area contributed by atoms with Gasteiger partial charge in [0.1, 0.15) is 0 Å². The van der Waals surface area contributed by atoms with Gasteiger partial charge in [-0.15, -0.1) is 0 Å². The lowest BCUT2D eigenvalue weighted by Crippen LogP contribution is -2.50. The number of rotatable bonds is 4. The molecular formula is C13H26N2O2. The fourth-order valence-corrected chi connectivity index (χ4v) is 2.62. The van der Waals surface area contributed by atoms with Crippen LogP contribution in [0.3, 0.4) is 0 Å². The first-order chi connectivity index (χ1) is 7.99. The van der Waals surface area contributed by atoms with E-state index in [1.54, 1.807) is 7.11 Å². The first-order valence-corrected chi connectivity index (χ1v) is 6.51. The minimum Gasteiger partial charge on any atom is -0.380 e. The van der Waals surface area contributed by atoms with Crippen LogP contribution in [0.2, 0.25) is 0 Å². The molecule has 4 heteroatoms. The molecule has 4 nitrogen and oxygen atoms in total. The summed E-state index contributed by atoms with van der Waals surface area (Å²) in [5.41, 5.74) is 5.55. The highest BCUT2D eigenvalue weighted by Crippen LogP contribution is 2.27. The standard InChI is InChI=1S/C13H26N2O2/c1-9-5-10(2)11(3)15(8-9)13(16)6-12(7-14)17-4/h9-12H,5-8,14H2,1-4H3. The molecule has 0 aromatic carbocycles. The van der Waals surface area contributed by atoms with Crippen LogP contribution in [0, 0.1) is 11.8 Å². The predicted octanol–water partition coefficient (Wildman–Crippen LogP) is 1.24. The van der Waals surface area contributed by atoms with E-state index in [9.17, 15) is 4.79 Å². The zero-order valence-corrected chi connectivity index (χ0v) is 11.5. The van der Waals surface area contributed by atoms with E-state index in [-0.39, 0.29) is 12.0 Å². The monoisotopic (exact) mass is 242 g/mol. The Balaban J connectivity index is 2.60. The summed E-state index contributed by atoms with van der Waals surface area (Å²) in [6, 6.07) is 0.328. The number of hydrogen-bond donors (Lipinski definition) is 1. The summed E-state index contributed by atoms with van der Waals surface area (Å²) in [6.07, 6.45) is 1.45. The largest absolute Gasteiger partial charge is 0.380 e. The van der Waals surface area contributed by atoms with Crippen molar-refractivity contribution < 1.29 is 9.53 Å². The molecule has 1 saturated heterocycles. The molecule has 0 bridgehead atoms. The lowest BCUT2D eigenvalue weighted by molar-refractivity contribution is -0.139. The van der Waals surface area contributed by atoms with Crippen LogP contribution < -0.4 is 5.73 Å². The Morgan fingerprint density at radius 1 is 1.47 bits per heavy atom. The molecule has 1 fully saturated rings. The Hall–Kier alpha value is -0.610. The molecule has 1 aliphatic rings. The van der Waals surface area contributed by atoms with Gasteiger partial charge < -0.3 is 15.4 Å². The molecule has 100 valence electrons. The Labute approximate surface area is 104 Å². The van der Waals surface area contributed by atoms with Crippen molar-refractivity contribution in [2.45, 2.75) is 45.8 Å². The third kappa shape index (κ3) is 3.68. The van der Waals surface area contributed by atoms with Crippen molar-refractivity contribution >= 4 is 5.91 Å². The number of carbonyl (C=O) groups is 1. The number of nitrogens with zero attached hydrogens (tertiary/aromatic N) is 1. The van der Waals surface area contributed by atoms with E-state index in [2.05, 4.69) is 20.8 Å². The van der Waals surface area contributed by atoms with Crippen molar-refractivity contribution in [3.8, 4) is 0 Å². The second-order valence-electron chi connectivity index (χ2n) is 5.40. The quantitative estimate of drug-likeness (QED) is 0.807. The number of ether oxygens (including phenoxy) is 1. The lowest BCUT2D eigenvalue weighted by Gasteiger charge is -2.41. The van der Waals surface area contributed by atoms with Gasteiger partial charge in [0.2, 0.25) is 5.91 Å². The summed E-state index contributed by atoms with van der Waals surface area (Å²) >= 11 is 0. The number of methoxy groups -OCH3 is 1. The third-order valence-corrected chi connectivity index (χ3v) is 3.92. The molecule has 4 unspecified atom stereocenters. The molecule has 0 saturated carbocycles. The van der Waals surface area contributed by atoms with E-state index >= 15 is 0 Å². The molecule has 4 atom stereocenters. The minimum atomic E-state index is -0.151. The van der Waals surface area contributed by atoms with E-state index < -0.39 is 0 Å². The van der Waals surface area contributed by atoms with Crippen LogP contribution in [-0.2, 0) is 9.53 Å². The molecule has 1 heterocycles. The Bertz CT molecular complexity index is 254. The summed E-state index contributed by atoms with van der Waals surface area (Å²) in [5.74, 6) is 1.33. The molecule has 1 rings (SSSR count). The maximum Gasteiger partial charge on any atom is 0.225 e. The molecular weight excluding hydrogens is 216 g/mol. The van der Waals surface area contributed by atoms with Crippen LogP contribution in [0.5, 0.6) is 0 Å². The van der Waals surface area contributed by atoms with E-state index in [1.807, 2.05) is 4.90 Å². The second kappa shape index (κ2) is 6.36. The van der Waals surface area contributed by atoms with E-state index in [4.69, 9.17) is 10.5 Å². The van der Waals surface area contributed by atoms with Crippen LogP contribution in [0.25, 0.3) is 0 Å². The van der Waals surface area contributed by atoms with E-state index in [0.29, 0.717) is 30.8 Å². The smallest absolute Gasteiger partial charge is 0.225 e. The lowest BCUT2D eigenvalue weighted by atomic mass is 9.85. The van der Waals surface area contributed by atoms with Crippen LogP contribution in [0.1, 0.15) is 33.6 Å². The maximum atomic E-state index is 12.2. The molecule has 0 aromatic heterocycles. The van der Waals surface area contributed by atoms with Crippen LogP contribution in [-0.4, -0.2) is 43.2 Å². The average molecular weight is 242 g/mol. The summed E-state index contributed by atoms with van der Waals surface area (Å²) in [5, 5.41) is 0. The van der Waals surface area contributed by atoms with Gasteiger partial charge in [0.05, 0.1) is 12.5 Å². The van der Waals surface area contributed by atoms with Gasteiger partial charge in [-0.05, 0) is 25.2 Å². The van der Waals surface area contributed by atoms with Crippen molar-refractivity contribution in [3.05, 3.63) is 0 Å². The fraction of sp³-hybridized carbons (Fsp3) is 0.923. The van der Waals surface area contributed by atoms with Crippen molar-refractivity contribution in [2.24, 2.45) is 17.6 Å². The number of piperidine rings is 1. The van der Waals surface area contributed by atoms with Gasteiger partial charge in [-0.1, -0.05) is 13.8 Å². The number of amides is 1. The highest BCUT2D eigenvalue weighted by Gasteiger charge is 2.32. The summed E-state index contributed by atoms with van der Waals surface area (Å²) < 4.78 is 5.18. The molecule has 1 aliphatic heterocycles. The molecule has 0 aromatic rings. The van der Waals surface area contributed by atoms with Gasteiger partial charge in [-0.2, -0.15) is 0 Å². The van der Waals surface area contributed by atoms with E-state index in [0.717, 1.165) is 6.54 Å². The first-order valence-electron chi connectivity index (χ1n) is 6.51. The van der Waals surface area contributed by atoms with Crippen molar-refractivity contribution in [1.82, 2.24) is 4.90 Å². The van der Waals surface area contributed by atoms with Gasteiger partial charge >= 0.3 is 0 Å². The van der Waals surface area contributed by atoms with Gasteiger partial charge in [0.25, 0.3) is 0 Å². The third-order valence-electron chi connectivity index (χ3n) is 3.92. The van der Waals surface area contributed by atoms with Gasteiger partial charge in [-0.25, -0.2) is 0 Å². The van der Waals surface area contributed by atoms with Crippen molar-refractivity contribution in [3.63, 3.8) is 0 Å². The van der Waals surface area contributed by atoms with Gasteiger partial charge in [0, 0.05) is 26.2 Å². The highest BCUT2D eigenvalue weighted by atomic mass is 16.5. The maximum absolute atomic E-state index is 12.2. The zero-order valence-electron chi connectivity index (χ0n) is 11.5. The molecule has 1 amide bonds. The second-order valence-corrected chi connectivity index (χ2v) is 5.40. The SMILES string of the molecule is COC(CN)CC(=O)N1CC(C)CC(C)C1C. The van der Waals surface area contributed by atoms with Crippen LogP contribution in [0.4, 0.5) is 0 Å². The number of carbonyl (C=O) groups excluding carboxylic acids is 1. The predicted molar refractivity (Wildman–Crippen MR) is 68.6 cm³/mol. The summed E-state index contributed by atoms with van der Waals surface area (Å²) in [6.45, 7) is 7.83. The summed E-state index contributed by atoms with van der Waals surface area (Å²) in [4.78, 5) is 14.2. The normalized spacial score (nSPS) is 31.4. The summed E-state index contributed by atoms with van der Waals surface area (Å²) in [7, 11) is 1.61. The molecule has 2 N–H and O–H groups in total. The first kappa shape index (κ1) is 14.5. The zero-order chi connectivity index (χ0) is 13.0. The number of nitrogens with two attached hydrogens (primary N) is 1. The Morgan fingerprint density at radius 3 is 2.65 bits per heavy atom. The fourth-order valence-electron chi connectivity index (χ4n) is 2.62. The molecule has 17 heavy (non-hydrogen) atoms. The minimum absolute atomic E-state index is 0.151. The van der Waals surface area contributed by atoms with Gasteiger partial charge in [0.15, 0.2) is 0 Å². The topological polar surface area (TPSA) is 55.6 Å². The average Bonchev–Trinajstić information content (AvgIpc) is 2.30. The Kier molecular flexibility index (Phi) is 5.40. The van der Waals surface area contributed by atoms with Crippen molar-refractivity contribution in [1.29, 1.82) is 0 Å². The number of hydrogen-bond acceptors (Lipinski definition) is 3. The molecule has 0 aliphatic carbocycles.